The van der Waals surface area contributed by atoms with E-state index in [9.17, 15) is 0 Å². The Kier molecular flexibility index (Phi) is 2.37. The van der Waals surface area contributed by atoms with E-state index in [1.54, 1.807) is 0 Å². The van der Waals surface area contributed by atoms with Crippen molar-refractivity contribution in [2.24, 2.45) is 5.41 Å². The summed E-state index contributed by atoms with van der Waals surface area (Å²) >= 11 is 0. The summed E-state index contributed by atoms with van der Waals surface area (Å²) < 4.78 is 0. The second-order valence-electron chi connectivity index (χ2n) is 6.22. The number of hydrogen-bond acceptors (Lipinski definition) is 3. The summed E-state index contributed by atoms with van der Waals surface area (Å²) in [5.41, 5.74) is 3.64. The molecule has 3 aliphatic rings. The molecular weight excluding hydrogens is 222 g/mol. The number of nitrogens with one attached hydrogen (secondary N) is 1. The number of aromatic nitrogens is 1. The van der Waals surface area contributed by atoms with Crippen molar-refractivity contribution < 1.29 is 0 Å². The Balaban J connectivity index is 1.67. The van der Waals surface area contributed by atoms with Crippen LogP contribution in [0.5, 0.6) is 0 Å². The van der Waals surface area contributed by atoms with Crippen LogP contribution in [-0.4, -0.2) is 24.6 Å². The van der Waals surface area contributed by atoms with Crippen molar-refractivity contribution in [2.75, 3.05) is 24.5 Å². The minimum Gasteiger partial charge on any atom is -0.356 e. The molecule has 18 heavy (non-hydrogen) atoms. The summed E-state index contributed by atoms with van der Waals surface area (Å²) in [4.78, 5) is 7.28. The van der Waals surface area contributed by atoms with E-state index in [-0.39, 0.29) is 0 Å². The van der Waals surface area contributed by atoms with Gasteiger partial charge in [-0.15, -0.1) is 0 Å². The minimum absolute atomic E-state index is 0.676. The van der Waals surface area contributed by atoms with Gasteiger partial charge in [-0.3, -0.25) is 0 Å². The van der Waals surface area contributed by atoms with Crippen LogP contribution in [0.2, 0.25) is 0 Å². The first-order chi connectivity index (χ1) is 8.86. The van der Waals surface area contributed by atoms with E-state index in [4.69, 9.17) is 4.98 Å². The number of fused-ring (bicyclic) bond motifs is 1. The number of hydrogen-bond donors (Lipinski definition) is 1. The van der Waals surface area contributed by atoms with Gasteiger partial charge < -0.3 is 10.2 Å². The van der Waals surface area contributed by atoms with Gasteiger partial charge in [0.25, 0.3) is 0 Å². The smallest absolute Gasteiger partial charge is 0.132 e. The Labute approximate surface area is 109 Å². The van der Waals surface area contributed by atoms with Crippen molar-refractivity contribution in [3.63, 3.8) is 0 Å². The standard InChI is InChI=1S/C15H21N3/c1-4-15(5-6-15)11-18(9-1)14-13-3-7-16-10-12(13)2-8-17-14/h2,8,16H,1,3-7,9-11H2. The topological polar surface area (TPSA) is 28.2 Å². The largest absolute Gasteiger partial charge is 0.356 e. The Morgan fingerprint density at radius 2 is 2.22 bits per heavy atom. The van der Waals surface area contributed by atoms with Crippen molar-refractivity contribution in [1.82, 2.24) is 10.3 Å². The third-order valence-electron chi connectivity index (χ3n) is 4.92. The van der Waals surface area contributed by atoms with Crippen molar-refractivity contribution in [2.45, 2.75) is 38.6 Å². The normalized spacial score (nSPS) is 25.0. The molecule has 1 spiro atoms. The van der Waals surface area contributed by atoms with E-state index in [0.717, 1.165) is 19.5 Å². The zero-order valence-corrected chi connectivity index (χ0v) is 10.9. The fourth-order valence-electron chi connectivity index (χ4n) is 3.64. The summed E-state index contributed by atoms with van der Waals surface area (Å²) in [7, 11) is 0. The Morgan fingerprint density at radius 3 is 3.11 bits per heavy atom. The van der Waals surface area contributed by atoms with Gasteiger partial charge in [-0.05, 0) is 55.7 Å². The highest BCUT2D eigenvalue weighted by atomic mass is 15.2. The van der Waals surface area contributed by atoms with E-state index >= 15 is 0 Å². The van der Waals surface area contributed by atoms with E-state index in [1.807, 2.05) is 6.20 Å². The van der Waals surface area contributed by atoms with Gasteiger partial charge >= 0.3 is 0 Å². The molecular formula is C15H21N3. The molecule has 1 aromatic rings. The molecule has 1 saturated carbocycles. The fraction of sp³-hybridized carbons (Fsp3) is 0.667. The first-order valence-corrected chi connectivity index (χ1v) is 7.29. The third-order valence-corrected chi connectivity index (χ3v) is 4.92. The molecule has 2 fully saturated rings. The molecule has 1 saturated heterocycles. The monoisotopic (exact) mass is 243 g/mol. The summed E-state index contributed by atoms with van der Waals surface area (Å²) in [6.45, 7) is 4.58. The van der Waals surface area contributed by atoms with Gasteiger partial charge in [-0.1, -0.05) is 0 Å². The zero-order valence-electron chi connectivity index (χ0n) is 10.9. The van der Waals surface area contributed by atoms with Crippen LogP contribution in [0.3, 0.4) is 0 Å². The number of rotatable bonds is 1. The summed E-state index contributed by atoms with van der Waals surface area (Å²) in [6, 6.07) is 2.18. The predicted molar refractivity (Wildman–Crippen MR) is 72.8 cm³/mol. The van der Waals surface area contributed by atoms with Crippen LogP contribution in [-0.2, 0) is 13.0 Å². The fourth-order valence-corrected chi connectivity index (χ4v) is 3.64. The van der Waals surface area contributed by atoms with E-state index in [1.165, 1.54) is 55.7 Å². The number of nitrogens with zero attached hydrogens (tertiary/aromatic N) is 2. The van der Waals surface area contributed by atoms with Gasteiger partial charge in [0.2, 0.25) is 0 Å². The molecule has 0 amide bonds. The SMILES string of the molecule is c1cc2c(c(N3CCCC4(CC4)C3)n1)CCNC2. The van der Waals surface area contributed by atoms with Gasteiger partial charge in [-0.25, -0.2) is 4.98 Å². The Bertz CT molecular complexity index is 465. The Hall–Kier alpha value is -1.09. The maximum atomic E-state index is 4.71. The third kappa shape index (κ3) is 1.72. The molecule has 0 atom stereocenters. The van der Waals surface area contributed by atoms with Gasteiger partial charge in [0.1, 0.15) is 5.82 Å². The second-order valence-corrected chi connectivity index (χ2v) is 6.22. The first-order valence-electron chi connectivity index (χ1n) is 7.29. The molecule has 0 radical (unpaired) electrons. The molecule has 3 nitrogen and oxygen atoms in total. The molecule has 0 bridgehead atoms. The van der Waals surface area contributed by atoms with Crippen LogP contribution in [0.1, 0.15) is 36.8 Å². The van der Waals surface area contributed by atoms with E-state index < -0.39 is 0 Å². The second kappa shape index (κ2) is 3.95. The van der Waals surface area contributed by atoms with Crippen LogP contribution in [0, 0.1) is 5.41 Å². The maximum absolute atomic E-state index is 4.71. The summed E-state index contributed by atoms with van der Waals surface area (Å²) in [5.74, 6) is 1.29. The first kappa shape index (κ1) is 10.8. The summed E-state index contributed by atoms with van der Waals surface area (Å²) in [5, 5.41) is 3.45. The number of anilines is 1. The van der Waals surface area contributed by atoms with Crippen LogP contribution in [0.25, 0.3) is 0 Å². The summed E-state index contributed by atoms with van der Waals surface area (Å²) in [6.07, 6.45) is 8.82. The number of pyridine rings is 1. The molecule has 1 aromatic heterocycles. The average molecular weight is 243 g/mol. The molecule has 1 N–H and O–H groups in total. The molecule has 0 aromatic carbocycles. The van der Waals surface area contributed by atoms with Crippen LogP contribution >= 0.6 is 0 Å². The highest BCUT2D eigenvalue weighted by molar-refractivity contribution is 5.52. The predicted octanol–water partition coefficient (Wildman–Crippen LogP) is 2.11. The molecule has 4 rings (SSSR count). The lowest BCUT2D eigenvalue weighted by molar-refractivity contribution is 0.392. The Morgan fingerprint density at radius 1 is 1.28 bits per heavy atom. The highest BCUT2D eigenvalue weighted by Gasteiger charge is 2.45. The molecule has 1 aliphatic carbocycles. The highest BCUT2D eigenvalue weighted by Crippen LogP contribution is 2.52. The lowest BCUT2D eigenvalue weighted by Gasteiger charge is -2.36. The van der Waals surface area contributed by atoms with Gasteiger partial charge in [-0.2, -0.15) is 0 Å². The molecule has 0 unspecified atom stereocenters. The average Bonchev–Trinajstić information content (AvgIpc) is 3.17. The van der Waals surface area contributed by atoms with Gasteiger partial charge in [0.05, 0.1) is 0 Å². The molecule has 3 heteroatoms. The minimum atomic E-state index is 0.676. The molecule has 3 heterocycles. The van der Waals surface area contributed by atoms with Crippen molar-refractivity contribution in [3.8, 4) is 0 Å². The zero-order chi connectivity index (χ0) is 12.0. The van der Waals surface area contributed by atoms with Crippen molar-refractivity contribution >= 4 is 5.82 Å². The lowest BCUT2D eigenvalue weighted by atomic mass is 9.94. The lowest BCUT2D eigenvalue weighted by Crippen LogP contribution is -2.38. The van der Waals surface area contributed by atoms with Gasteiger partial charge in [0, 0.05) is 31.4 Å². The maximum Gasteiger partial charge on any atom is 0.132 e. The van der Waals surface area contributed by atoms with Crippen molar-refractivity contribution in [3.05, 3.63) is 23.4 Å². The molecule has 96 valence electrons. The van der Waals surface area contributed by atoms with Gasteiger partial charge in [0.15, 0.2) is 0 Å². The van der Waals surface area contributed by atoms with Crippen LogP contribution in [0.15, 0.2) is 12.3 Å². The van der Waals surface area contributed by atoms with E-state index in [2.05, 4.69) is 16.3 Å². The molecule has 2 aliphatic heterocycles. The van der Waals surface area contributed by atoms with Crippen molar-refractivity contribution in [1.29, 1.82) is 0 Å². The van der Waals surface area contributed by atoms with E-state index in [0.29, 0.717) is 5.41 Å². The van der Waals surface area contributed by atoms with Crippen LogP contribution in [0.4, 0.5) is 5.82 Å². The quantitative estimate of drug-likeness (QED) is 0.819. The van der Waals surface area contributed by atoms with Crippen LogP contribution < -0.4 is 10.2 Å². The number of piperidine rings is 1.